The highest BCUT2D eigenvalue weighted by Crippen LogP contribution is 2.55. The fourth-order valence-electron chi connectivity index (χ4n) is 9.65. The van der Waals surface area contributed by atoms with Gasteiger partial charge in [0, 0.05) is 44.5 Å². The molecule has 5 aromatic heterocycles. The number of phenols is 1. The van der Waals surface area contributed by atoms with E-state index in [1.807, 2.05) is 42.5 Å². The summed E-state index contributed by atoms with van der Waals surface area (Å²) in [6.45, 7) is 4.65. The lowest BCUT2D eigenvalue weighted by Gasteiger charge is -2.21. The molecule has 0 saturated carbocycles. The molecular weight excluding hydrogens is 711 g/mol. The summed E-state index contributed by atoms with van der Waals surface area (Å²) in [5.41, 5.74) is 16.1. The van der Waals surface area contributed by atoms with E-state index in [2.05, 4.69) is 144 Å². The van der Waals surface area contributed by atoms with Crippen LogP contribution in [-0.4, -0.2) is 29.0 Å². The third-order valence-corrected chi connectivity index (χ3v) is 12.2. The first kappa shape index (κ1) is 32.7. The Hall–Kier alpha value is -7.57. The highest BCUT2D eigenvalue weighted by molar-refractivity contribution is 6.18. The van der Waals surface area contributed by atoms with Gasteiger partial charge in [-0.05, 0) is 65.2 Å². The van der Waals surface area contributed by atoms with E-state index in [-0.39, 0.29) is 11.2 Å². The number of nitrogens with zero attached hydrogens (tertiary/aromatic N) is 5. The summed E-state index contributed by atoms with van der Waals surface area (Å²) in [6, 6.07) is 56.2. The highest BCUT2D eigenvalue weighted by atomic mass is 16.3. The van der Waals surface area contributed by atoms with Gasteiger partial charge in [0.2, 0.25) is 0 Å². The van der Waals surface area contributed by atoms with E-state index < -0.39 is 0 Å². The Morgan fingerprint density at radius 3 is 2.09 bits per heavy atom. The largest absolute Gasteiger partial charge is 0.507 e. The normalized spacial score (nSPS) is 13.2. The minimum atomic E-state index is -0.224. The minimum Gasteiger partial charge on any atom is -0.507 e. The Labute approximate surface area is 334 Å². The van der Waals surface area contributed by atoms with Gasteiger partial charge in [0.25, 0.3) is 0 Å². The van der Waals surface area contributed by atoms with Crippen molar-refractivity contribution in [3.05, 3.63) is 181 Å². The zero-order chi connectivity index (χ0) is 38.7. The Balaban J connectivity index is 1.04. The van der Waals surface area contributed by atoms with Crippen LogP contribution in [-0.2, 0) is 5.41 Å². The lowest BCUT2D eigenvalue weighted by atomic mass is 9.82. The van der Waals surface area contributed by atoms with Crippen molar-refractivity contribution in [2.75, 3.05) is 0 Å². The van der Waals surface area contributed by atoms with Crippen LogP contribution < -0.4 is 0 Å². The average Bonchev–Trinajstić information content (AvgIpc) is 3.99. The second-order valence-electron chi connectivity index (χ2n) is 15.8. The van der Waals surface area contributed by atoms with E-state index in [0.717, 1.165) is 50.5 Å². The summed E-state index contributed by atoms with van der Waals surface area (Å²) < 4.78 is 4.64. The summed E-state index contributed by atoms with van der Waals surface area (Å²) in [5, 5.41) is 15.1. The second-order valence-corrected chi connectivity index (χ2v) is 15.8. The summed E-state index contributed by atoms with van der Waals surface area (Å²) >= 11 is 0. The molecule has 1 aliphatic rings. The first-order chi connectivity index (χ1) is 28.5. The first-order valence-electron chi connectivity index (χ1n) is 19.7. The van der Waals surface area contributed by atoms with E-state index in [0.29, 0.717) is 11.4 Å². The number of benzene rings is 6. The lowest BCUT2D eigenvalue weighted by molar-refractivity contribution is 0.477. The first-order valence-corrected chi connectivity index (χ1v) is 19.7. The third-order valence-electron chi connectivity index (χ3n) is 12.2. The van der Waals surface area contributed by atoms with Gasteiger partial charge < -0.3 is 9.51 Å². The molecule has 0 aliphatic heterocycles. The van der Waals surface area contributed by atoms with Gasteiger partial charge in [0.05, 0.1) is 56.1 Å². The fourth-order valence-corrected chi connectivity index (χ4v) is 9.65. The molecule has 0 bridgehead atoms. The molecule has 0 spiro atoms. The molecule has 0 amide bonds. The third kappa shape index (κ3) is 4.45. The molecule has 0 unspecified atom stereocenters. The van der Waals surface area contributed by atoms with Crippen LogP contribution in [0.5, 0.6) is 5.75 Å². The van der Waals surface area contributed by atoms with E-state index in [9.17, 15) is 5.11 Å². The number of aromatic hydroxyl groups is 1. The van der Waals surface area contributed by atoms with Gasteiger partial charge >= 0.3 is 0 Å². The standard InChI is InChI=1S/C52H35N5O/c1-52(2)39-30-53-42(29-38(39)50-47(52)37-22-12-20-34-33-18-7-10-26-44(33)57(50)49(34)37)41-24-14-23-40(54-41)35-21-13-27-45-48(35)55-51(36-19-8-11-28-46(36)58)56(45)43-25-9-6-17-32(43)31-15-4-3-5-16-31/h3-30,58H,1-2H3. The van der Waals surface area contributed by atoms with Crippen LogP contribution in [0.15, 0.2) is 170 Å². The molecule has 11 aromatic rings. The van der Waals surface area contributed by atoms with Crippen molar-refractivity contribution in [1.29, 1.82) is 0 Å². The topological polar surface area (TPSA) is 68.2 Å². The number of imidazole rings is 1. The number of aromatic nitrogens is 5. The molecule has 6 aromatic carbocycles. The van der Waals surface area contributed by atoms with Crippen molar-refractivity contribution in [2.24, 2.45) is 0 Å². The Kier molecular flexibility index (Phi) is 6.74. The minimum absolute atomic E-state index is 0.168. The van der Waals surface area contributed by atoms with Crippen LogP contribution in [0.3, 0.4) is 0 Å². The second kappa shape index (κ2) is 12.0. The fraction of sp³-hybridized carbons (Fsp3) is 0.0577. The summed E-state index contributed by atoms with van der Waals surface area (Å²) in [5.74, 6) is 0.817. The van der Waals surface area contributed by atoms with Crippen molar-refractivity contribution in [2.45, 2.75) is 19.3 Å². The van der Waals surface area contributed by atoms with Crippen LogP contribution in [0, 0.1) is 0 Å². The van der Waals surface area contributed by atoms with Gasteiger partial charge in [-0.2, -0.15) is 0 Å². The maximum absolute atomic E-state index is 11.2. The van der Waals surface area contributed by atoms with E-state index >= 15 is 0 Å². The van der Waals surface area contributed by atoms with Gasteiger partial charge in [-0.15, -0.1) is 0 Å². The Bertz CT molecular complexity index is 3450. The zero-order valence-corrected chi connectivity index (χ0v) is 31.8. The monoisotopic (exact) mass is 745 g/mol. The molecule has 1 aliphatic carbocycles. The number of para-hydroxylation sites is 5. The number of hydrogen-bond acceptors (Lipinski definition) is 4. The predicted molar refractivity (Wildman–Crippen MR) is 235 cm³/mol. The molecule has 0 atom stereocenters. The molecule has 12 rings (SSSR count). The SMILES string of the molecule is CC1(C)c2cnc(-c3cccc(-c4cccc5c4nc(-c4ccccc4O)n5-c4ccccc4-c4ccccc4)n3)cc2-c2c1c1cccc3c4ccccc4n2c13. The molecule has 5 heterocycles. The molecule has 0 fully saturated rings. The molecule has 1 N–H and O–H groups in total. The van der Waals surface area contributed by atoms with Gasteiger partial charge in [-0.3, -0.25) is 9.55 Å². The van der Waals surface area contributed by atoms with E-state index in [1.165, 1.54) is 49.6 Å². The van der Waals surface area contributed by atoms with Crippen molar-refractivity contribution in [3.63, 3.8) is 0 Å². The number of phenolic OH excluding ortho intramolecular Hbond substituents is 1. The average molecular weight is 746 g/mol. The molecule has 6 nitrogen and oxygen atoms in total. The number of hydrogen-bond donors (Lipinski definition) is 1. The lowest BCUT2D eigenvalue weighted by Crippen LogP contribution is -2.15. The van der Waals surface area contributed by atoms with Crippen LogP contribution >= 0.6 is 0 Å². The van der Waals surface area contributed by atoms with Crippen molar-refractivity contribution < 1.29 is 5.11 Å². The molecule has 274 valence electrons. The zero-order valence-electron chi connectivity index (χ0n) is 31.8. The van der Waals surface area contributed by atoms with Crippen LogP contribution in [0.1, 0.15) is 25.0 Å². The smallest absolute Gasteiger partial charge is 0.149 e. The Morgan fingerprint density at radius 2 is 1.21 bits per heavy atom. The predicted octanol–water partition coefficient (Wildman–Crippen LogP) is 12.5. The van der Waals surface area contributed by atoms with Crippen LogP contribution in [0.2, 0.25) is 0 Å². The van der Waals surface area contributed by atoms with Crippen molar-refractivity contribution in [1.82, 2.24) is 23.9 Å². The van der Waals surface area contributed by atoms with Crippen LogP contribution in [0.4, 0.5) is 0 Å². The number of pyridine rings is 2. The maximum Gasteiger partial charge on any atom is 0.149 e. The summed E-state index contributed by atoms with van der Waals surface area (Å²) in [4.78, 5) is 15.7. The number of fused-ring (bicyclic) bond motifs is 9. The van der Waals surface area contributed by atoms with Gasteiger partial charge in [-0.25, -0.2) is 9.97 Å². The number of rotatable bonds is 5. The molecule has 6 heteroatoms. The van der Waals surface area contributed by atoms with E-state index in [1.54, 1.807) is 6.07 Å². The molecular formula is C52H35N5O. The van der Waals surface area contributed by atoms with E-state index in [4.69, 9.17) is 15.0 Å². The molecule has 0 radical (unpaired) electrons. The van der Waals surface area contributed by atoms with Gasteiger partial charge in [0.15, 0.2) is 0 Å². The van der Waals surface area contributed by atoms with Crippen LogP contribution in [0.25, 0.3) is 100 Å². The van der Waals surface area contributed by atoms with Crippen molar-refractivity contribution >= 4 is 38.2 Å². The van der Waals surface area contributed by atoms with Crippen molar-refractivity contribution in [3.8, 4) is 67.9 Å². The molecule has 0 saturated heterocycles. The summed E-state index contributed by atoms with van der Waals surface area (Å²) in [7, 11) is 0. The molecule has 58 heavy (non-hydrogen) atoms. The quantitative estimate of drug-likeness (QED) is 0.190. The van der Waals surface area contributed by atoms with Gasteiger partial charge in [-0.1, -0.05) is 129 Å². The summed E-state index contributed by atoms with van der Waals surface area (Å²) in [6.07, 6.45) is 2.06. The highest BCUT2D eigenvalue weighted by Gasteiger charge is 2.41. The maximum atomic E-state index is 11.2. The van der Waals surface area contributed by atoms with Gasteiger partial charge in [0.1, 0.15) is 11.6 Å². The Morgan fingerprint density at radius 1 is 0.534 bits per heavy atom.